The van der Waals surface area contributed by atoms with Crippen molar-refractivity contribution in [1.29, 1.82) is 0 Å². The number of aromatic nitrogens is 1. The minimum atomic E-state index is -3.68. The number of hydrogen-bond donors (Lipinski definition) is 1. The average Bonchev–Trinajstić information content (AvgIpc) is 3.08. The minimum Gasteiger partial charge on any atom is -0.371 e. The third kappa shape index (κ3) is 4.54. The van der Waals surface area contributed by atoms with Crippen LogP contribution in [0.1, 0.15) is 12.1 Å². The van der Waals surface area contributed by atoms with Gasteiger partial charge in [-0.15, -0.1) is 0 Å². The molecule has 1 N–H and O–H groups in total. The van der Waals surface area contributed by atoms with Crippen molar-refractivity contribution < 1.29 is 13.3 Å². The van der Waals surface area contributed by atoms with Crippen molar-refractivity contribution in [2.75, 3.05) is 36.1 Å². The van der Waals surface area contributed by atoms with Gasteiger partial charge in [-0.1, -0.05) is 6.07 Å². The smallest absolute Gasteiger partial charge is 0.288 e. The van der Waals surface area contributed by atoms with E-state index in [9.17, 15) is 18.5 Å². The SMILES string of the molecule is Cc1cccc(NCC2CCN(c3ccc([N+](=O)[O-])c(S(C)(=O)=O)c3)C2)n1. The Morgan fingerprint density at radius 1 is 1.33 bits per heavy atom. The fourth-order valence-corrected chi connectivity index (χ4v) is 4.13. The van der Waals surface area contributed by atoms with Crippen molar-refractivity contribution in [3.8, 4) is 0 Å². The predicted molar refractivity (Wildman–Crippen MR) is 104 cm³/mol. The van der Waals surface area contributed by atoms with Crippen molar-refractivity contribution in [1.82, 2.24) is 4.98 Å². The summed E-state index contributed by atoms with van der Waals surface area (Å²) < 4.78 is 23.9. The number of rotatable bonds is 6. The Hall–Kier alpha value is -2.68. The zero-order valence-electron chi connectivity index (χ0n) is 15.3. The zero-order valence-corrected chi connectivity index (χ0v) is 16.1. The van der Waals surface area contributed by atoms with Crippen molar-refractivity contribution >= 4 is 27.0 Å². The molecule has 1 aromatic carbocycles. The van der Waals surface area contributed by atoms with Crippen LogP contribution in [-0.4, -0.2) is 44.2 Å². The summed E-state index contributed by atoms with van der Waals surface area (Å²) in [4.78, 5) is 16.7. The van der Waals surface area contributed by atoms with Gasteiger partial charge in [0.05, 0.1) is 4.92 Å². The summed E-state index contributed by atoms with van der Waals surface area (Å²) in [6.45, 7) is 4.23. The molecule has 0 amide bonds. The van der Waals surface area contributed by atoms with Gasteiger partial charge in [0.25, 0.3) is 5.69 Å². The van der Waals surface area contributed by atoms with Crippen LogP contribution in [0.5, 0.6) is 0 Å². The van der Waals surface area contributed by atoms with Crippen molar-refractivity contribution in [2.45, 2.75) is 18.2 Å². The fourth-order valence-electron chi connectivity index (χ4n) is 3.27. The van der Waals surface area contributed by atoms with E-state index in [1.54, 1.807) is 6.07 Å². The number of anilines is 2. The summed E-state index contributed by atoms with van der Waals surface area (Å²) in [6.07, 6.45) is 1.94. The van der Waals surface area contributed by atoms with Crippen LogP contribution in [0.3, 0.4) is 0 Å². The molecule has 1 aliphatic heterocycles. The number of sulfone groups is 1. The van der Waals surface area contributed by atoms with Crippen LogP contribution in [0, 0.1) is 23.0 Å². The maximum absolute atomic E-state index is 11.9. The van der Waals surface area contributed by atoms with Crippen molar-refractivity contribution in [2.24, 2.45) is 5.92 Å². The van der Waals surface area contributed by atoms with Gasteiger partial charge in [-0.05, 0) is 43.5 Å². The molecule has 8 nitrogen and oxygen atoms in total. The summed E-state index contributed by atoms with van der Waals surface area (Å²) in [5.74, 6) is 1.22. The van der Waals surface area contributed by atoms with E-state index in [0.29, 0.717) is 11.6 Å². The molecule has 0 spiro atoms. The Bertz CT molecular complexity index is 962. The first-order valence-electron chi connectivity index (χ1n) is 8.65. The lowest BCUT2D eigenvalue weighted by atomic mass is 10.1. The molecule has 3 rings (SSSR count). The van der Waals surface area contributed by atoms with E-state index in [2.05, 4.69) is 15.2 Å². The molecule has 1 aliphatic rings. The zero-order chi connectivity index (χ0) is 19.6. The topological polar surface area (TPSA) is 105 Å². The van der Waals surface area contributed by atoms with Crippen LogP contribution in [0.2, 0.25) is 0 Å². The summed E-state index contributed by atoms with van der Waals surface area (Å²) in [5.41, 5.74) is 1.26. The van der Waals surface area contributed by atoms with Gasteiger partial charge in [0.2, 0.25) is 0 Å². The monoisotopic (exact) mass is 390 g/mol. The van der Waals surface area contributed by atoms with E-state index in [1.807, 2.05) is 25.1 Å². The summed E-state index contributed by atoms with van der Waals surface area (Å²) in [6, 6.07) is 10.1. The van der Waals surface area contributed by atoms with Gasteiger partial charge in [-0.2, -0.15) is 0 Å². The van der Waals surface area contributed by atoms with Gasteiger partial charge in [-0.25, -0.2) is 13.4 Å². The van der Waals surface area contributed by atoms with Crippen LogP contribution < -0.4 is 10.2 Å². The van der Waals surface area contributed by atoms with Crippen LogP contribution in [0.15, 0.2) is 41.3 Å². The number of aryl methyl sites for hydroxylation is 1. The largest absolute Gasteiger partial charge is 0.371 e. The molecule has 0 bridgehead atoms. The van der Waals surface area contributed by atoms with Gasteiger partial charge in [0.15, 0.2) is 9.84 Å². The van der Waals surface area contributed by atoms with E-state index in [-0.39, 0.29) is 10.6 Å². The Morgan fingerprint density at radius 2 is 2.11 bits per heavy atom. The second-order valence-electron chi connectivity index (χ2n) is 6.83. The van der Waals surface area contributed by atoms with E-state index >= 15 is 0 Å². The highest BCUT2D eigenvalue weighted by molar-refractivity contribution is 7.90. The lowest BCUT2D eigenvalue weighted by molar-refractivity contribution is -0.387. The van der Waals surface area contributed by atoms with Crippen LogP contribution in [-0.2, 0) is 9.84 Å². The molecule has 0 radical (unpaired) electrons. The maximum atomic E-state index is 11.9. The second-order valence-corrected chi connectivity index (χ2v) is 8.81. The predicted octanol–water partition coefficient (Wildman–Crippen LogP) is 2.64. The van der Waals surface area contributed by atoms with E-state index < -0.39 is 14.8 Å². The van der Waals surface area contributed by atoms with E-state index in [0.717, 1.165) is 43.8 Å². The molecule has 1 atom stereocenters. The highest BCUT2D eigenvalue weighted by atomic mass is 32.2. The molecule has 0 saturated carbocycles. The molecule has 1 saturated heterocycles. The molecule has 2 aromatic rings. The quantitative estimate of drug-likeness (QED) is 0.597. The van der Waals surface area contributed by atoms with Gasteiger partial charge >= 0.3 is 0 Å². The summed E-state index contributed by atoms with van der Waals surface area (Å²) in [5, 5.41) is 14.4. The number of nitro benzene ring substituents is 1. The van der Waals surface area contributed by atoms with E-state index in [4.69, 9.17) is 0 Å². The highest BCUT2D eigenvalue weighted by Crippen LogP contribution is 2.31. The molecule has 1 unspecified atom stereocenters. The number of nitrogens with one attached hydrogen (secondary N) is 1. The van der Waals surface area contributed by atoms with Crippen molar-refractivity contribution in [3.05, 3.63) is 52.2 Å². The highest BCUT2D eigenvalue weighted by Gasteiger charge is 2.27. The Balaban J connectivity index is 1.70. The van der Waals surface area contributed by atoms with Gasteiger partial charge < -0.3 is 10.2 Å². The number of pyridine rings is 1. The lowest BCUT2D eigenvalue weighted by Crippen LogP contribution is -2.23. The molecule has 144 valence electrons. The van der Waals surface area contributed by atoms with Gasteiger partial charge in [0.1, 0.15) is 10.7 Å². The van der Waals surface area contributed by atoms with Crippen LogP contribution in [0.25, 0.3) is 0 Å². The molecule has 1 fully saturated rings. The minimum absolute atomic E-state index is 0.240. The van der Waals surface area contributed by atoms with Crippen molar-refractivity contribution in [3.63, 3.8) is 0 Å². The lowest BCUT2D eigenvalue weighted by Gasteiger charge is -2.19. The standard InChI is InChI=1S/C18H22N4O4S/c1-13-4-3-5-18(20-13)19-11-14-8-9-21(12-14)15-6-7-16(22(23)24)17(10-15)27(2,25)26/h3-7,10,14H,8-9,11-12H2,1-2H3,(H,19,20). The summed E-state index contributed by atoms with van der Waals surface area (Å²) >= 11 is 0. The number of hydrogen-bond acceptors (Lipinski definition) is 7. The molecule has 0 aliphatic carbocycles. The summed E-state index contributed by atoms with van der Waals surface area (Å²) in [7, 11) is -3.68. The molecular weight excluding hydrogens is 368 g/mol. The molecular formula is C18H22N4O4S. The third-order valence-corrected chi connectivity index (χ3v) is 5.78. The first-order chi connectivity index (χ1) is 12.7. The maximum Gasteiger partial charge on any atom is 0.288 e. The Kier molecular flexibility index (Phi) is 5.31. The van der Waals surface area contributed by atoms with Gasteiger partial charge in [-0.3, -0.25) is 10.1 Å². The van der Waals surface area contributed by atoms with Crippen LogP contribution in [0.4, 0.5) is 17.2 Å². The second kappa shape index (κ2) is 7.51. The molecule has 9 heteroatoms. The normalized spacial score (nSPS) is 17.1. The first-order valence-corrected chi connectivity index (χ1v) is 10.5. The van der Waals surface area contributed by atoms with Crippen LogP contribution >= 0.6 is 0 Å². The molecule has 1 aromatic heterocycles. The Labute approximate surface area is 158 Å². The van der Waals surface area contributed by atoms with Gasteiger partial charge in [0, 0.05) is 43.3 Å². The Morgan fingerprint density at radius 3 is 2.78 bits per heavy atom. The number of nitro groups is 1. The molecule has 27 heavy (non-hydrogen) atoms. The average molecular weight is 390 g/mol. The number of benzene rings is 1. The first kappa shape index (κ1) is 19.1. The van der Waals surface area contributed by atoms with E-state index in [1.165, 1.54) is 12.1 Å². The molecule has 2 heterocycles. The number of nitrogens with zero attached hydrogens (tertiary/aromatic N) is 3. The third-order valence-electron chi connectivity index (χ3n) is 4.65. The fraction of sp³-hybridized carbons (Fsp3) is 0.389.